The van der Waals surface area contributed by atoms with Crippen molar-refractivity contribution in [2.75, 3.05) is 18.0 Å². The number of nitrogens with one attached hydrogen (secondary N) is 1. The Morgan fingerprint density at radius 1 is 1.31 bits per heavy atom. The second kappa shape index (κ2) is 10.1. The zero-order chi connectivity index (χ0) is 20.8. The molecular formula is C21H26F2N4OS. The molecule has 2 atom stereocenters. The molecular weight excluding hydrogens is 394 g/mol. The largest absolute Gasteiger partial charge is 0.335 e. The molecule has 156 valence electrons. The third-order valence-corrected chi connectivity index (χ3v) is 5.91. The van der Waals surface area contributed by atoms with Crippen molar-refractivity contribution in [1.29, 1.82) is 0 Å². The van der Waals surface area contributed by atoms with Crippen LogP contribution in [0.1, 0.15) is 37.8 Å². The van der Waals surface area contributed by atoms with E-state index in [4.69, 9.17) is 0 Å². The maximum Gasteiger partial charge on any atom is 0.225 e. The number of nitrogens with zero attached hydrogens (tertiary/aromatic N) is 3. The first-order valence-electron chi connectivity index (χ1n) is 9.85. The lowest BCUT2D eigenvalue weighted by atomic mass is 10.2. The highest BCUT2D eigenvalue weighted by molar-refractivity contribution is 8.14. The molecule has 0 amide bonds. The average Bonchev–Trinajstić information content (AvgIpc) is 3.07. The van der Waals surface area contributed by atoms with Crippen molar-refractivity contribution >= 4 is 22.8 Å². The molecule has 2 heterocycles. The summed E-state index contributed by atoms with van der Waals surface area (Å²) in [6, 6.07) is 3.53. The highest BCUT2D eigenvalue weighted by Gasteiger charge is 2.34. The molecule has 1 fully saturated rings. The van der Waals surface area contributed by atoms with Crippen LogP contribution in [0.2, 0.25) is 0 Å². The number of benzene rings is 1. The van der Waals surface area contributed by atoms with Crippen LogP contribution in [0.3, 0.4) is 0 Å². The van der Waals surface area contributed by atoms with Crippen LogP contribution in [0.4, 0.5) is 14.7 Å². The molecule has 8 heteroatoms. The fraction of sp³-hybridized carbons (Fsp3) is 0.476. The first-order valence-corrected chi connectivity index (χ1v) is 10.7. The highest BCUT2D eigenvalue weighted by Crippen LogP contribution is 2.30. The minimum absolute atomic E-state index is 0.0699. The van der Waals surface area contributed by atoms with Gasteiger partial charge in [0.25, 0.3) is 0 Å². The van der Waals surface area contributed by atoms with Crippen LogP contribution >= 0.6 is 11.8 Å². The molecule has 1 saturated heterocycles. The van der Waals surface area contributed by atoms with Crippen molar-refractivity contribution in [2.45, 2.75) is 50.9 Å². The third-order valence-electron chi connectivity index (χ3n) is 4.90. The number of thioether (sulfide) groups is 1. The molecule has 3 rings (SSSR count). The van der Waals surface area contributed by atoms with Crippen LogP contribution in [0.25, 0.3) is 0 Å². The minimum Gasteiger partial charge on any atom is -0.335 e. The van der Waals surface area contributed by atoms with E-state index in [0.29, 0.717) is 24.6 Å². The number of aromatic nitrogens is 2. The Hall–Kier alpha value is -2.06. The maximum atomic E-state index is 13.8. The van der Waals surface area contributed by atoms with E-state index in [0.717, 1.165) is 37.0 Å². The lowest BCUT2D eigenvalue weighted by molar-refractivity contribution is -0.109. The number of hydrogen-bond donors (Lipinski definition) is 1. The van der Waals surface area contributed by atoms with E-state index in [-0.39, 0.29) is 23.0 Å². The highest BCUT2D eigenvalue weighted by atomic mass is 32.2. The molecule has 1 aromatic heterocycles. The maximum absolute atomic E-state index is 13.8. The van der Waals surface area contributed by atoms with E-state index in [2.05, 4.69) is 27.1 Å². The van der Waals surface area contributed by atoms with Crippen molar-refractivity contribution in [3.8, 4) is 0 Å². The van der Waals surface area contributed by atoms with Gasteiger partial charge in [-0.1, -0.05) is 25.1 Å². The summed E-state index contributed by atoms with van der Waals surface area (Å²) in [7, 11) is 0. The molecule has 0 unspecified atom stereocenters. The summed E-state index contributed by atoms with van der Waals surface area (Å²) in [5, 5.41) is 3.46. The first-order chi connectivity index (χ1) is 14.0. The van der Waals surface area contributed by atoms with E-state index < -0.39 is 11.6 Å². The van der Waals surface area contributed by atoms with Crippen molar-refractivity contribution in [1.82, 2.24) is 15.3 Å². The Morgan fingerprint density at radius 2 is 2.07 bits per heavy atom. The number of rotatable bonds is 8. The predicted molar refractivity (Wildman–Crippen MR) is 112 cm³/mol. The Labute approximate surface area is 174 Å². The molecule has 1 aliphatic rings. The normalized spacial score (nSPS) is 19.0. The second-order valence-corrected chi connectivity index (χ2v) is 8.76. The third kappa shape index (κ3) is 5.96. The van der Waals surface area contributed by atoms with Crippen molar-refractivity contribution < 1.29 is 13.6 Å². The molecule has 2 aromatic rings. The molecule has 1 N–H and O–H groups in total. The van der Waals surface area contributed by atoms with E-state index in [1.54, 1.807) is 6.92 Å². The summed E-state index contributed by atoms with van der Waals surface area (Å²) in [6.07, 6.45) is 6.47. The molecule has 0 bridgehead atoms. The standard InChI is InChI=1S/C21H26F2N4OS/c1-3-4-15-9-25-21(26-10-15)27-13-19(29-14(2)28)8-18(27)12-24-11-16-7-17(22)5-6-20(16)23/h5-7,9-10,18-19,24H,3-4,8,11-13H2,1-2H3/t18-,19+/m0/s1. The topological polar surface area (TPSA) is 58.1 Å². The van der Waals surface area contributed by atoms with E-state index in [9.17, 15) is 13.6 Å². The van der Waals surface area contributed by atoms with Gasteiger partial charge in [0.1, 0.15) is 11.6 Å². The molecule has 0 aliphatic carbocycles. The summed E-state index contributed by atoms with van der Waals surface area (Å²) in [4.78, 5) is 22.7. The van der Waals surface area contributed by atoms with Gasteiger partial charge < -0.3 is 10.2 Å². The molecule has 1 aromatic carbocycles. The van der Waals surface area contributed by atoms with Gasteiger partial charge in [-0.3, -0.25) is 4.79 Å². The SMILES string of the molecule is CCCc1cnc(N2C[C@H](SC(C)=O)C[C@H]2CNCc2cc(F)ccc2F)nc1. The number of aryl methyl sites for hydroxylation is 1. The fourth-order valence-corrected chi connectivity index (χ4v) is 4.62. The fourth-order valence-electron chi connectivity index (χ4n) is 3.60. The summed E-state index contributed by atoms with van der Waals surface area (Å²) < 4.78 is 27.2. The predicted octanol–water partition coefficient (Wildman–Crippen LogP) is 3.72. The van der Waals surface area contributed by atoms with E-state index in [1.807, 2.05) is 12.4 Å². The van der Waals surface area contributed by atoms with Gasteiger partial charge in [-0.2, -0.15) is 0 Å². The number of hydrogen-bond acceptors (Lipinski definition) is 6. The summed E-state index contributed by atoms with van der Waals surface area (Å²) in [6.45, 7) is 5.15. The van der Waals surface area contributed by atoms with Crippen LogP contribution in [-0.2, 0) is 17.8 Å². The monoisotopic (exact) mass is 420 g/mol. The second-order valence-electron chi connectivity index (χ2n) is 7.28. The van der Waals surface area contributed by atoms with Gasteiger partial charge in [-0.25, -0.2) is 18.7 Å². The Morgan fingerprint density at radius 3 is 2.76 bits per heavy atom. The van der Waals surface area contributed by atoms with E-state index >= 15 is 0 Å². The van der Waals surface area contributed by atoms with Gasteiger partial charge in [0.05, 0.1) is 0 Å². The number of halogens is 2. The van der Waals surface area contributed by atoms with E-state index in [1.165, 1.54) is 17.8 Å². The van der Waals surface area contributed by atoms with Gasteiger partial charge in [-0.05, 0) is 36.6 Å². The summed E-state index contributed by atoms with van der Waals surface area (Å²) in [5.41, 5.74) is 1.39. The van der Waals surface area contributed by atoms with Gasteiger partial charge >= 0.3 is 0 Å². The summed E-state index contributed by atoms with van der Waals surface area (Å²) >= 11 is 1.34. The molecule has 0 radical (unpaired) electrons. The molecule has 29 heavy (non-hydrogen) atoms. The molecule has 0 spiro atoms. The van der Waals surface area contributed by atoms with Crippen LogP contribution in [0.5, 0.6) is 0 Å². The average molecular weight is 421 g/mol. The zero-order valence-electron chi connectivity index (χ0n) is 16.7. The first kappa shape index (κ1) is 21.6. The van der Waals surface area contributed by atoms with Crippen LogP contribution < -0.4 is 10.2 Å². The van der Waals surface area contributed by atoms with Crippen LogP contribution in [0, 0.1) is 11.6 Å². The smallest absolute Gasteiger partial charge is 0.225 e. The van der Waals surface area contributed by atoms with Crippen LogP contribution in [0.15, 0.2) is 30.6 Å². The summed E-state index contributed by atoms with van der Waals surface area (Å²) in [5.74, 6) is -0.244. The zero-order valence-corrected chi connectivity index (χ0v) is 17.5. The van der Waals surface area contributed by atoms with Gasteiger partial charge in [0.2, 0.25) is 5.95 Å². The van der Waals surface area contributed by atoms with Crippen LogP contribution in [-0.4, -0.2) is 39.5 Å². The Bertz CT molecular complexity index is 834. The number of anilines is 1. The Kier molecular flexibility index (Phi) is 7.55. The van der Waals surface area contributed by atoms with Crippen molar-refractivity contribution in [3.63, 3.8) is 0 Å². The lowest BCUT2D eigenvalue weighted by Crippen LogP contribution is -2.38. The van der Waals surface area contributed by atoms with Gasteiger partial charge in [-0.15, -0.1) is 0 Å². The molecule has 0 saturated carbocycles. The van der Waals surface area contributed by atoms with Crippen molar-refractivity contribution in [3.05, 3.63) is 53.4 Å². The lowest BCUT2D eigenvalue weighted by Gasteiger charge is -2.25. The molecule has 5 nitrogen and oxygen atoms in total. The van der Waals surface area contributed by atoms with Gasteiger partial charge in [0, 0.05) is 55.8 Å². The Balaban J connectivity index is 1.67. The number of carbonyl (C=O) groups excluding carboxylic acids is 1. The quantitative estimate of drug-likeness (QED) is 0.702. The number of carbonyl (C=O) groups is 1. The minimum atomic E-state index is -0.454. The van der Waals surface area contributed by atoms with Gasteiger partial charge in [0.15, 0.2) is 5.12 Å². The molecule has 1 aliphatic heterocycles. The van der Waals surface area contributed by atoms with Crippen molar-refractivity contribution in [2.24, 2.45) is 0 Å².